The van der Waals surface area contributed by atoms with Gasteiger partial charge in [0.25, 0.3) is 10.1 Å². The van der Waals surface area contributed by atoms with Crippen molar-refractivity contribution in [3.05, 3.63) is 0 Å². The highest BCUT2D eigenvalue weighted by atomic mass is 32.2. The minimum Gasteiger partial charge on any atom is -0.397 e. The lowest BCUT2D eigenvalue weighted by Crippen LogP contribution is -1.88. The first-order chi connectivity index (χ1) is 3.41. The summed E-state index contributed by atoms with van der Waals surface area (Å²) in [6.45, 7) is 1.93. The van der Waals surface area contributed by atoms with Crippen LogP contribution in [0.4, 0.5) is 0 Å². The van der Waals surface area contributed by atoms with Gasteiger partial charge in [-0.05, 0) is 6.92 Å². The Morgan fingerprint density at radius 2 is 1.50 bits per heavy atom. The van der Waals surface area contributed by atoms with Gasteiger partial charge in [0.2, 0.25) is 0 Å². The standard InChI is InChI=1S/C2H6O.CH4O3S/c1-2-3;1-5(2,3)4/h3H,2H2,1H3;1H3,(H,2,3,4). The van der Waals surface area contributed by atoms with E-state index in [1.54, 1.807) is 6.92 Å². The van der Waals surface area contributed by atoms with E-state index in [0.717, 1.165) is 0 Å². The molecule has 0 heterocycles. The van der Waals surface area contributed by atoms with E-state index in [9.17, 15) is 8.42 Å². The van der Waals surface area contributed by atoms with E-state index >= 15 is 0 Å². The molecule has 2 N–H and O–H groups in total. The minimum atomic E-state index is -3.67. The van der Waals surface area contributed by atoms with Crippen molar-refractivity contribution in [3.63, 3.8) is 0 Å². The monoisotopic (exact) mass is 142 g/mol. The third kappa shape index (κ3) is 8240. The Morgan fingerprint density at radius 1 is 1.50 bits per heavy atom. The van der Waals surface area contributed by atoms with Gasteiger partial charge in [-0.3, -0.25) is 4.55 Å². The number of hydrogen-bond acceptors (Lipinski definition) is 3. The van der Waals surface area contributed by atoms with Crippen LogP contribution in [0.5, 0.6) is 0 Å². The van der Waals surface area contributed by atoms with Crippen LogP contribution >= 0.6 is 0 Å². The fraction of sp³-hybridized carbons (Fsp3) is 1.00. The summed E-state index contributed by atoms with van der Waals surface area (Å²) in [4.78, 5) is 0. The maximum Gasteiger partial charge on any atom is 0.261 e. The van der Waals surface area contributed by atoms with E-state index in [2.05, 4.69) is 0 Å². The molecule has 52 valence electrons. The molecular weight excluding hydrogens is 132 g/mol. The Bertz CT molecular complexity index is 105. The van der Waals surface area contributed by atoms with Gasteiger partial charge < -0.3 is 5.11 Å². The number of aliphatic hydroxyl groups is 1. The summed E-state index contributed by atoms with van der Waals surface area (Å²) in [7, 11) is -3.67. The molecule has 0 aliphatic rings. The van der Waals surface area contributed by atoms with Crippen LogP contribution in [0.15, 0.2) is 0 Å². The third-order valence-corrected chi connectivity index (χ3v) is 0. The van der Waals surface area contributed by atoms with Crippen molar-refractivity contribution in [2.45, 2.75) is 6.92 Å². The van der Waals surface area contributed by atoms with Crippen LogP contribution in [0.1, 0.15) is 6.92 Å². The lowest BCUT2D eigenvalue weighted by atomic mass is 10.9. The summed E-state index contributed by atoms with van der Waals surface area (Å²) in [5.41, 5.74) is 0. The van der Waals surface area contributed by atoms with Crippen LogP contribution in [-0.4, -0.2) is 30.9 Å². The van der Waals surface area contributed by atoms with Crippen LogP contribution in [0.25, 0.3) is 0 Å². The molecule has 0 aliphatic heterocycles. The van der Waals surface area contributed by atoms with Gasteiger partial charge >= 0.3 is 0 Å². The SMILES string of the molecule is CCO.CS(=O)(=O)O. The first kappa shape index (κ1) is 10.8. The van der Waals surface area contributed by atoms with Crippen LogP contribution in [0.3, 0.4) is 0 Å². The Balaban J connectivity index is 0. The summed E-state index contributed by atoms with van der Waals surface area (Å²) >= 11 is 0. The molecule has 0 saturated carbocycles. The first-order valence-electron chi connectivity index (χ1n) is 1.95. The van der Waals surface area contributed by atoms with Gasteiger partial charge in [0.15, 0.2) is 0 Å². The summed E-state index contributed by atoms with van der Waals surface area (Å²) in [6, 6.07) is 0. The molecule has 0 aromatic rings. The van der Waals surface area contributed by atoms with Crippen molar-refractivity contribution >= 4 is 10.1 Å². The molecule has 4 nitrogen and oxygen atoms in total. The van der Waals surface area contributed by atoms with Gasteiger partial charge in [-0.25, -0.2) is 0 Å². The topological polar surface area (TPSA) is 74.6 Å². The van der Waals surface area contributed by atoms with Crippen LogP contribution in [-0.2, 0) is 10.1 Å². The zero-order valence-electron chi connectivity index (χ0n) is 4.83. The molecule has 0 spiro atoms. The van der Waals surface area contributed by atoms with E-state index in [1.165, 1.54) is 0 Å². The van der Waals surface area contributed by atoms with Crippen molar-refractivity contribution in [2.75, 3.05) is 12.9 Å². The predicted molar refractivity (Wildman–Crippen MR) is 30.2 cm³/mol. The zero-order valence-corrected chi connectivity index (χ0v) is 5.64. The second kappa shape index (κ2) is 5.02. The van der Waals surface area contributed by atoms with Gasteiger partial charge in [-0.15, -0.1) is 0 Å². The lowest BCUT2D eigenvalue weighted by Gasteiger charge is -1.69. The van der Waals surface area contributed by atoms with Crippen molar-refractivity contribution in [1.82, 2.24) is 0 Å². The number of hydrogen-bond donors (Lipinski definition) is 2. The fourth-order valence-electron chi connectivity index (χ4n) is 0. The average molecular weight is 142 g/mol. The molecule has 0 radical (unpaired) electrons. The molecule has 0 bridgehead atoms. The molecule has 8 heavy (non-hydrogen) atoms. The molecule has 0 aromatic carbocycles. The maximum atomic E-state index is 9.19. The quantitative estimate of drug-likeness (QED) is 0.447. The largest absolute Gasteiger partial charge is 0.397 e. The van der Waals surface area contributed by atoms with Gasteiger partial charge in [0.05, 0.1) is 6.26 Å². The Labute approximate surface area is 48.9 Å². The van der Waals surface area contributed by atoms with Gasteiger partial charge in [0, 0.05) is 6.61 Å². The highest BCUT2D eigenvalue weighted by Gasteiger charge is 1.81. The van der Waals surface area contributed by atoms with E-state index < -0.39 is 10.1 Å². The zero-order chi connectivity index (χ0) is 7.21. The highest BCUT2D eigenvalue weighted by Crippen LogP contribution is 1.60. The second-order valence-electron chi connectivity index (χ2n) is 1.05. The van der Waals surface area contributed by atoms with Crippen molar-refractivity contribution in [2.24, 2.45) is 0 Å². The summed E-state index contributed by atoms with van der Waals surface area (Å²) in [6.07, 6.45) is 0.715. The summed E-state index contributed by atoms with van der Waals surface area (Å²) < 4.78 is 25.9. The molecular formula is C3H10O4S. The Morgan fingerprint density at radius 3 is 1.50 bits per heavy atom. The van der Waals surface area contributed by atoms with Gasteiger partial charge in [-0.1, -0.05) is 0 Å². The fourth-order valence-corrected chi connectivity index (χ4v) is 0. The summed E-state index contributed by atoms with van der Waals surface area (Å²) in [5.74, 6) is 0. The van der Waals surface area contributed by atoms with Crippen molar-refractivity contribution in [3.8, 4) is 0 Å². The molecule has 5 heteroatoms. The van der Waals surface area contributed by atoms with Crippen LogP contribution in [0, 0.1) is 0 Å². The van der Waals surface area contributed by atoms with Gasteiger partial charge in [-0.2, -0.15) is 8.42 Å². The number of rotatable bonds is 0. The molecule has 0 rings (SSSR count). The normalized spacial score (nSPS) is 9.50. The van der Waals surface area contributed by atoms with Crippen molar-refractivity contribution < 1.29 is 18.1 Å². The molecule has 0 amide bonds. The third-order valence-electron chi connectivity index (χ3n) is 0. The van der Waals surface area contributed by atoms with Crippen LogP contribution < -0.4 is 0 Å². The molecule has 0 saturated heterocycles. The predicted octanol–water partition coefficient (Wildman–Crippen LogP) is -0.497. The average Bonchev–Trinajstić information content (AvgIpc) is 1.27. The molecule has 0 atom stereocenters. The Hall–Kier alpha value is -0.130. The summed E-state index contributed by atoms with van der Waals surface area (Å²) in [5, 5.41) is 7.57. The van der Waals surface area contributed by atoms with E-state index in [4.69, 9.17) is 9.66 Å². The molecule has 0 aliphatic carbocycles. The number of aliphatic hydroxyl groups excluding tert-OH is 1. The van der Waals surface area contributed by atoms with Gasteiger partial charge in [0.1, 0.15) is 0 Å². The maximum absolute atomic E-state index is 9.19. The molecule has 0 unspecified atom stereocenters. The Kier molecular flexibility index (Phi) is 6.76. The smallest absolute Gasteiger partial charge is 0.261 e. The molecule has 0 aromatic heterocycles. The van der Waals surface area contributed by atoms with E-state index in [-0.39, 0.29) is 6.61 Å². The first-order valence-corrected chi connectivity index (χ1v) is 3.80. The highest BCUT2D eigenvalue weighted by molar-refractivity contribution is 7.85. The van der Waals surface area contributed by atoms with Crippen molar-refractivity contribution in [1.29, 1.82) is 0 Å². The lowest BCUT2D eigenvalue weighted by molar-refractivity contribution is 0.318. The minimum absolute atomic E-state index is 0.250. The second-order valence-corrected chi connectivity index (χ2v) is 2.52. The van der Waals surface area contributed by atoms with Crippen LogP contribution in [0.2, 0.25) is 0 Å². The van der Waals surface area contributed by atoms with E-state index in [0.29, 0.717) is 6.26 Å². The molecule has 0 fully saturated rings. The van der Waals surface area contributed by atoms with E-state index in [1.807, 2.05) is 0 Å².